The number of carbonyl (C=O) groups excluding carboxylic acids is 2. The summed E-state index contributed by atoms with van der Waals surface area (Å²) in [5.41, 5.74) is 5.74. The van der Waals surface area contributed by atoms with Crippen molar-refractivity contribution in [2.75, 3.05) is 26.2 Å². The molecule has 0 aliphatic carbocycles. The van der Waals surface area contributed by atoms with Gasteiger partial charge in [0.05, 0.1) is 0 Å². The number of hydrogen-bond acceptors (Lipinski definition) is 4. The van der Waals surface area contributed by atoms with E-state index < -0.39 is 6.04 Å². The molecule has 1 heterocycles. The SMILES string of the molecule is CC(NC(=O)COc1ccccc1)C(=O)N1CCC(C)(CN)C1. The number of carbonyl (C=O) groups is 2. The fraction of sp³-hybridized carbons (Fsp3) is 0.529. The summed E-state index contributed by atoms with van der Waals surface area (Å²) in [6, 6.07) is 8.53. The zero-order valence-electron chi connectivity index (χ0n) is 13.7. The largest absolute Gasteiger partial charge is 0.484 e. The molecule has 1 fully saturated rings. The van der Waals surface area contributed by atoms with Crippen LogP contribution in [0, 0.1) is 5.41 Å². The predicted octanol–water partition coefficient (Wildman–Crippen LogP) is 0.767. The lowest BCUT2D eigenvalue weighted by Crippen LogP contribution is -2.48. The molecule has 6 nitrogen and oxygen atoms in total. The Kier molecular flexibility index (Phi) is 5.60. The molecule has 0 bridgehead atoms. The van der Waals surface area contributed by atoms with Gasteiger partial charge in [-0.3, -0.25) is 9.59 Å². The summed E-state index contributed by atoms with van der Waals surface area (Å²) < 4.78 is 5.37. The van der Waals surface area contributed by atoms with Crippen LogP contribution in [0.3, 0.4) is 0 Å². The lowest BCUT2D eigenvalue weighted by molar-refractivity contribution is -0.135. The molecule has 0 radical (unpaired) electrons. The topological polar surface area (TPSA) is 84.7 Å². The number of amides is 2. The van der Waals surface area contributed by atoms with Gasteiger partial charge in [-0.05, 0) is 37.4 Å². The summed E-state index contributed by atoms with van der Waals surface area (Å²) in [7, 11) is 0. The molecule has 2 amide bonds. The standard InChI is InChI=1S/C17H25N3O3/c1-13(16(22)20-9-8-17(2,11-18)12-20)19-15(21)10-23-14-6-4-3-5-7-14/h3-7,13H,8-12,18H2,1-2H3,(H,19,21). The molecule has 2 atom stereocenters. The summed E-state index contributed by atoms with van der Waals surface area (Å²) >= 11 is 0. The van der Waals surface area contributed by atoms with Crippen molar-refractivity contribution in [3.63, 3.8) is 0 Å². The normalized spacial score (nSPS) is 21.8. The molecule has 23 heavy (non-hydrogen) atoms. The fourth-order valence-corrected chi connectivity index (χ4v) is 2.66. The number of rotatable bonds is 6. The molecule has 1 aliphatic rings. The summed E-state index contributed by atoms with van der Waals surface area (Å²) in [5.74, 6) is 0.241. The summed E-state index contributed by atoms with van der Waals surface area (Å²) in [6.45, 7) is 5.55. The Balaban J connectivity index is 1.78. The highest BCUT2D eigenvalue weighted by atomic mass is 16.5. The van der Waals surface area contributed by atoms with Gasteiger partial charge in [0.1, 0.15) is 11.8 Å². The highest BCUT2D eigenvalue weighted by Crippen LogP contribution is 2.28. The van der Waals surface area contributed by atoms with E-state index >= 15 is 0 Å². The van der Waals surface area contributed by atoms with Crippen LogP contribution in [0.2, 0.25) is 0 Å². The van der Waals surface area contributed by atoms with Crippen molar-refractivity contribution >= 4 is 11.8 Å². The Bertz CT molecular complexity index is 549. The Morgan fingerprint density at radius 3 is 2.70 bits per heavy atom. The summed E-state index contributed by atoms with van der Waals surface area (Å²) in [4.78, 5) is 26.1. The predicted molar refractivity (Wildman–Crippen MR) is 87.9 cm³/mol. The van der Waals surface area contributed by atoms with Crippen LogP contribution in [-0.4, -0.2) is 49.0 Å². The second-order valence-electron chi connectivity index (χ2n) is 6.42. The van der Waals surface area contributed by atoms with Crippen LogP contribution in [0.15, 0.2) is 30.3 Å². The number of benzene rings is 1. The molecule has 2 unspecified atom stereocenters. The molecule has 1 aromatic rings. The van der Waals surface area contributed by atoms with Gasteiger partial charge < -0.3 is 20.7 Å². The Hall–Kier alpha value is -2.08. The molecule has 6 heteroatoms. The highest BCUT2D eigenvalue weighted by molar-refractivity contribution is 5.88. The number of hydrogen-bond donors (Lipinski definition) is 2. The second kappa shape index (κ2) is 7.46. The van der Waals surface area contributed by atoms with Crippen LogP contribution >= 0.6 is 0 Å². The molecule has 1 aliphatic heterocycles. The van der Waals surface area contributed by atoms with Crippen molar-refractivity contribution < 1.29 is 14.3 Å². The van der Waals surface area contributed by atoms with Crippen molar-refractivity contribution in [2.24, 2.45) is 11.1 Å². The van der Waals surface area contributed by atoms with E-state index in [1.807, 2.05) is 18.2 Å². The average molecular weight is 319 g/mol. The number of nitrogens with zero attached hydrogens (tertiary/aromatic N) is 1. The Morgan fingerprint density at radius 2 is 2.09 bits per heavy atom. The van der Waals surface area contributed by atoms with Crippen molar-refractivity contribution in [2.45, 2.75) is 26.3 Å². The van der Waals surface area contributed by atoms with E-state index in [4.69, 9.17) is 10.5 Å². The first-order valence-corrected chi connectivity index (χ1v) is 7.89. The fourth-order valence-electron chi connectivity index (χ4n) is 2.66. The van der Waals surface area contributed by atoms with Crippen LogP contribution < -0.4 is 15.8 Å². The van der Waals surface area contributed by atoms with Crippen molar-refractivity contribution in [3.8, 4) is 5.75 Å². The van der Waals surface area contributed by atoms with Gasteiger partial charge in [0.2, 0.25) is 5.91 Å². The molecule has 1 saturated heterocycles. The molecule has 2 rings (SSSR count). The van der Waals surface area contributed by atoms with Crippen LogP contribution in [0.5, 0.6) is 5.75 Å². The highest BCUT2D eigenvalue weighted by Gasteiger charge is 2.36. The van der Waals surface area contributed by atoms with E-state index in [9.17, 15) is 9.59 Å². The monoisotopic (exact) mass is 319 g/mol. The van der Waals surface area contributed by atoms with Gasteiger partial charge in [0.25, 0.3) is 5.91 Å². The zero-order chi connectivity index (χ0) is 16.9. The van der Waals surface area contributed by atoms with E-state index in [0.717, 1.165) is 6.42 Å². The van der Waals surface area contributed by atoms with E-state index in [0.29, 0.717) is 25.4 Å². The Labute approximate surface area is 137 Å². The average Bonchev–Trinajstić information content (AvgIpc) is 2.96. The first-order valence-electron chi connectivity index (χ1n) is 7.89. The maximum Gasteiger partial charge on any atom is 0.258 e. The molecule has 1 aromatic carbocycles. The molecule has 0 spiro atoms. The minimum atomic E-state index is -0.568. The lowest BCUT2D eigenvalue weighted by atomic mass is 9.90. The second-order valence-corrected chi connectivity index (χ2v) is 6.42. The Morgan fingerprint density at radius 1 is 1.39 bits per heavy atom. The van der Waals surface area contributed by atoms with E-state index in [2.05, 4.69) is 12.2 Å². The van der Waals surface area contributed by atoms with Crippen molar-refractivity contribution in [3.05, 3.63) is 30.3 Å². The first-order chi connectivity index (χ1) is 10.9. The van der Waals surface area contributed by atoms with Gasteiger partial charge >= 0.3 is 0 Å². The van der Waals surface area contributed by atoms with Crippen LogP contribution in [0.1, 0.15) is 20.3 Å². The van der Waals surface area contributed by atoms with Crippen LogP contribution in [0.25, 0.3) is 0 Å². The smallest absolute Gasteiger partial charge is 0.258 e. The van der Waals surface area contributed by atoms with Gasteiger partial charge in [-0.15, -0.1) is 0 Å². The minimum Gasteiger partial charge on any atom is -0.484 e. The third-order valence-corrected chi connectivity index (χ3v) is 4.22. The molecular formula is C17H25N3O3. The first kappa shape index (κ1) is 17.3. The number of likely N-dealkylation sites (tertiary alicyclic amines) is 1. The van der Waals surface area contributed by atoms with Gasteiger partial charge in [-0.2, -0.15) is 0 Å². The van der Waals surface area contributed by atoms with Gasteiger partial charge in [-0.25, -0.2) is 0 Å². The van der Waals surface area contributed by atoms with Crippen LogP contribution in [0.4, 0.5) is 0 Å². The number of nitrogens with two attached hydrogens (primary N) is 1. The third kappa shape index (κ3) is 4.69. The quantitative estimate of drug-likeness (QED) is 0.811. The van der Waals surface area contributed by atoms with Crippen molar-refractivity contribution in [1.82, 2.24) is 10.2 Å². The van der Waals surface area contributed by atoms with E-state index in [1.54, 1.807) is 24.0 Å². The van der Waals surface area contributed by atoms with E-state index in [-0.39, 0.29) is 23.8 Å². The van der Waals surface area contributed by atoms with Crippen LogP contribution in [-0.2, 0) is 9.59 Å². The van der Waals surface area contributed by atoms with E-state index in [1.165, 1.54) is 0 Å². The molecular weight excluding hydrogens is 294 g/mol. The lowest BCUT2D eigenvalue weighted by Gasteiger charge is -2.25. The van der Waals surface area contributed by atoms with Gasteiger partial charge in [-0.1, -0.05) is 25.1 Å². The van der Waals surface area contributed by atoms with Gasteiger partial charge in [0, 0.05) is 13.1 Å². The number of ether oxygens (including phenoxy) is 1. The molecule has 0 saturated carbocycles. The summed E-state index contributed by atoms with van der Waals surface area (Å²) in [5, 5.41) is 2.69. The molecule has 126 valence electrons. The maximum absolute atomic E-state index is 12.4. The molecule has 0 aromatic heterocycles. The van der Waals surface area contributed by atoms with Gasteiger partial charge in [0.15, 0.2) is 6.61 Å². The minimum absolute atomic E-state index is 0.0180. The number of nitrogens with one attached hydrogen (secondary N) is 1. The third-order valence-electron chi connectivity index (χ3n) is 4.22. The zero-order valence-corrected chi connectivity index (χ0v) is 13.7. The van der Waals surface area contributed by atoms with Crippen molar-refractivity contribution in [1.29, 1.82) is 0 Å². The molecule has 3 N–H and O–H groups in total. The number of para-hydroxylation sites is 1. The summed E-state index contributed by atoms with van der Waals surface area (Å²) in [6.07, 6.45) is 0.896. The maximum atomic E-state index is 12.4.